The van der Waals surface area contributed by atoms with Crippen LogP contribution in [-0.2, 0) is 0 Å². The van der Waals surface area contributed by atoms with Gasteiger partial charge in [-0.25, -0.2) is 9.78 Å². The predicted octanol–water partition coefficient (Wildman–Crippen LogP) is 3.04. The van der Waals surface area contributed by atoms with Gasteiger partial charge in [-0.15, -0.1) is 11.3 Å². The summed E-state index contributed by atoms with van der Waals surface area (Å²) in [5, 5.41) is 2.88. The maximum atomic E-state index is 11.3. The van der Waals surface area contributed by atoms with E-state index >= 15 is 0 Å². The molecule has 0 atom stereocenters. The number of nitrogens with zero attached hydrogens (tertiary/aromatic N) is 2. The summed E-state index contributed by atoms with van der Waals surface area (Å²) in [6.07, 6.45) is 1.76. The van der Waals surface area contributed by atoms with E-state index in [-0.39, 0.29) is 5.69 Å². The summed E-state index contributed by atoms with van der Waals surface area (Å²) < 4.78 is 0. The molecule has 6 heteroatoms. The Bertz CT molecular complexity index is 968. The highest BCUT2D eigenvalue weighted by Crippen LogP contribution is 2.28. The van der Waals surface area contributed by atoms with Gasteiger partial charge in [-0.2, -0.15) is 0 Å². The first-order valence-electron chi connectivity index (χ1n) is 6.39. The molecule has 1 aromatic carbocycles. The van der Waals surface area contributed by atoms with Gasteiger partial charge in [-0.05, 0) is 24.3 Å². The van der Waals surface area contributed by atoms with E-state index in [0.717, 1.165) is 33.0 Å². The molecule has 3 heterocycles. The lowest BCUT2D eigenvalue weighted by molar-refractivity contribution is 1.21. The minimum atomic E-state index is -0.199. The quantitative estimate of drug-likeness (QED) is 0.596. The first-order chi connectivity index (χ1) is 10.3. The molecule has 0 aliphatic heterocycles. The molecule has 3 aromatic heterocycles. The molecule has 4 aromatic rings. The molecule has 21 heavy (non-hydrogen) atoms. The van der Waals surface area contributed by atoms with Gasteiger partial charge >= 0.3 is 5.69 Å². The molecule has 4 rings (SSSR count). The molecule has 0 amide bonds. The molecule has 0 saturated carbocycles. The summed E-state index contributed by atoms with van der Waals surface area (Å²) in [4.78, 5) is 25.7. The summed E-state index contributed by atoms with van der Waals surface area (Å²) in [6, 6.07) is 11.5. The lowest BCUT2D eigenvalue weighted by atomic mass is 10.1. The van der Waals surface area contributed by atoms with Crippen molar-refractivity contribution < 1.29 is 0 Å². The third-order valence-electron chi connectivity index (χ3n) is 3.20. The average molecular weight is 294 g/mol. The van der Waals surface area contributed by atoms with E-state index in [2.05, 4.69) is 19.9 Å². The molecule has 0 fully saturated rings. The highest BCUT2D eigenvalue weighted by molar-refractivity contribution is 7.13. The third-order valence-corrected chi connectivity index (χ3v) is 4.06. The topological polar surface area (TPSA) is 74.4 Å². The second kappa shape index (κ2) is 4.68. The number of nitrogens with one attached hydrogen (secondary N) is 2. The van der Waals surface area contributed by atoms with Crippen molar-refractivity contribution >= 4 is 22.4 Å². The number of benzene rings is 1. The van der Waals surface area contributed by atoms with Gasteiger partial charge in [-0.1, -0.05) is 12.1 Å². The standard InChI is InChI=1S/C15H10N4OS/c20-15-18-10-5-4-9(7-12(10)19-15)13-8-21-14(17-13)11-3-1-2-6-16-11/h1-8H,(H2,18,19,20). The van der Waals surface area contributed by atoms with Crippen molar-refractivity contribution in [1.29, 1.82) is 0 Å². The van der Waals surface area contributed by atoms with Crippen LogP contribution in [0, 0.1) is 0 Å². The molecule has 0 aliphatic rings. The summed E-state index contributed by atoms with van der Waals surface area (Å²) in [5.74, 6) is 0. The fraction of sp³-hybridized carbons (Fsp3) is 0. The number of thiazole rings is 1. The fourth-order valence-electron chi connectivity index (χ4n) is 2.21. The Labute approximate surface area is 123 Å². The number of aromatic nitrogens is 4. The van der Waals surface area contributed by atoms with Crippen LogP contribution in [0.2, 0.25) is 0 Å². The van der Waals surface area contributed by atoms with Crippen molar-refractivity contribution in [2.45, 2.75) is 0 Å². The zero-order valence-corrected chi connectivity index (χ0v) is 11.6. The van der Waals surface area contributed by atoms with Crippen LogP contribution in [0.5, 0.6) is 0 Å². The largest absolute Gasteiger partial charge is 0.323 e. The zero-order valence-electron chi connectivity index (χ0n) is 10.8. The second-order valence-electron chi connectivity index (χ2n) is 4.59. The SMILES string of the molecule is O=c1[nH]c2ccc(-c3csc(-c4ccccn4)n3)cc2[nH]1. The van der Waals surface area contributed by atoms with E-state index in [0.29, 0.717) is 0 Å². The zero-order chi connectivity index (χ0) is 14.2. The van der Waals surface area contributed by atoms with Gasteiger partial charge in [0.15, 0.2) is 0 Å². The van der Waals surface area contributed by atoms with Crippen molar-refractivity contribution in [3.05, 3.63) is 58.5 Å². The van der Waals surface area contributed by atoms with E-state index in [9.17, 15) is 4.79 Å². The van der Waals surface area contributed by atoms with Crippen LogP contribution >= 0.6 is 11.3 Å². The Kier molecular flexibility index (Phi) is 2.68. The van der Waals surface area contributed by atoms with Crippen LogP contribution in [0.15, 0.2) is 52.8 Å². The number of fused-ring (bicyclic) bond motifs is 1. The third kappa shape index (κ3) is 2.15. The highest BCUT2D eigenvalue weighted by Gasteiger charge is 2.08. The van der Waals surface area contributed by atoms with Gasteiger partial charge < -0.3 is 9.97 Å². The molecule has 5 nitrogen and oxygen atoms in total. The number of imidazole rings is 1. The van der Waals surface area contributed by atoms with E-state index in [1.165, 1.54) is 0 Å². The second-order valence-corrected chi connectivity index (χ2v) is 5.45. The average Bonchev–Trinajstić information content (AvgIpc) is 3.12. The molecular formula is C15H10N4OS. The van der Waals surface area contributed by atoms with Gasteiger partial charge in [0.1, 0.15) is 5.01 Å². The summed E-state index contributed by atoms with van der Waals surface area (Å²) in [6.45, 7) is 0. The lowest BCUT2D eigenvalue weighted by Crippen LogP contribution is -1.99. The first kappa shape index (κ1) is 12.0. The van der Waals surface area contributed by atoms with Crippen LogP contribution < -0.4 is 5.69 Å². The van der Waals surface area contributed by atoms with Gasteiger partial charge in [0, 0.05) is 17.1 Å². The molecular weight excluding hydrogens is 284 g/mol. The Morgan fingerprint density at radius 3 is 2.76 bits per heavy atom. The van der Waals surface area contributed by atoms with Gasteiger partial charge in [0.05, 0.1) is 22.4 Å². The number of hydrogen-bond acceptors (Lipinski definition) is 4. The Morgan fingerprint density at radius 2 is 1.90 bits per heavy atom. The monoisotopic (exact) mass is 294 g/mol. The fourth-order valence-corrected chi connectivity index (χ4v) is 3.01. The molecule has 0 radical (unpaired) electrons. The molecule has 0 unspecified atom stereocenters. The van der Waals surface area contributed by atoms with E-state index in [4.69, 9.17) is 0 Å². The summed E-state index contributed by atoms with van der Waals surface area (Å²) >= 11 is 1.55. The lowest BCUT2D eigenvalue weighted by Gasteiger charge is -1.97. The summed E-state index contributed by atoms with van der Waals surface area (Å²) in [7, 11) is 0. The van der Waals surface area contributed by atoms with Gasteiger partial charge in [0.2, 0.25) is 0 Å². The van der Waals surface area contributed by atoms with Crippen molar-refractivity contribution in [2.75, 3.05) is 0 Å². The van der Waals surface area contributed by atoms with Crippen molar-refractivity contribution in [1.82, 2.24) is 19.9 Å². The first-order valence-corrected chi connectivity index (χ1v) is 7.27. The Hall–Kier alpha value is -2.73. The number of H-pyrrole nitrogens is 2. The van der Waals surface area contributed by atoms with Crippen LogP contribution in [0.25, 0.3) is 33.0 Å². The van der Waals surface area contributed by atoms with Crippen LogP contribution in [-0.4, -0.2) is 19.9 Å². The molecule has 0 bridgehead atoms. The minimum absolute atomic E-state index is 0.199. The molecule has 102 valence electrons. The van der Waals surface area contributed by atoms with E-state index in [1.54, 1.807) is 17.5 Å². The van der Waals surface area contributed by atoms with Crippen molar-refractivity contribution in [2.24, 2.45) is 0 Å². The molecule has 0 aliphatic carbocycles. The highest BCUT2D eigenvalue weighted by atomic mass is 32.1. The number of hydrogen-bond donors (Lipinski definition) is 2. The van der Waals surface area contributed by atoms with Crippen molar-refractivity contribution in [3.63, 3.8) is 0 Å². The maximum absolute atomic E-state index is 11.3. The van der Waals surface area contributed by atoms with E-state index in [1.807, 2.05) is 41.8 Å². The minimum Gasteiger partial charge on any atom is -0.306 e. The number of aromatic amines is 2. The molecule has 0 saturated heterocycles. The van der Waals surface area contributed by atoms with E-state index < -0.39 is 0 Å². The maximum Gasteiger partial charge on any atom is 0.323 e. The van der Waals surface area contributed by atoms with Crippen LogP contribution in [0.3, 0.4) is 0 Å². The summed E-state index contributed by atoms with van der Waals surface area (Å²) in [5.41, 5.74) is 4.09. The smallest absolute Gasteiger partial charge is 0.306 e. The molecule has 0 spiro atoms. The normalized spacial score (nSPS) is 11.0. The van der Waals surface area contributed by atoms with Gasteiger partial charge in [-0.3, -0.25) is 4.98 Å². The Morgan fingerprint density at radius 1 is 1.00 bits per heavy atom. The van der Waals surface area contributed by atoms with Crippen molar-refractivity contribution in [3.8, 4) is 22.0 Å². The molecule has 2 N–H and O–H groups in total. The van der Waals surface area contributed by atoms with Crippen LogP contribution in [0.4, 0.5) is 0 Å². The Balaban J connectivity index is 1.78. The van der Waals surface area contributed by atoms with Crippen LogP contribution in [0.1, 0.15) is 0 Å². The number of pyridine rings is 1. The van der Waals surface area contributed by atoms with Gasteiger partial charge in [0.25, 0.3) is 0 Å². The number of rotatable bonds is 2. The predicted molar refractivity (Wildman–Crippen MR) is 83.3 cm³/mol.